The minimum atomic E-state index is -4.60. The van der Waals surface area contributed by atoms with Crippen LogP contribution in [0.15, 0.2) is 73.1 Å². The fourth-order valence-electron chi connectivity index (χ4n) is 5.97. The lowest BCUT2D eigenvalue weighted by Crippen LogP contribution is -2.45. The number of amides is 2. The Morgan fingerprint density at radius 2 is 1.86 bits per heavy atom. The maximum absolute atomic E-state index is 13.3. The zero-order valence-corrected chi connectivity index (χ0v) is 27.8. The SMILES string of the molecule is CCOc1cc(C(=O)Nc2cc(C(F)(F)F)ccn2)ccc1-c1nc([C@@H]2CC[C@H](C)N(C(=O)OCc3ccccc3)C2)n2c(Cl)cnc(N)c12. The lowest BCUT2D eigenvalue weighted by atomic mass is 9.93. The number of imidazole rings is 1. The molecule has 0 aliphatic carbocycles. The summed E-state index contributed by atoms with van der Waals surface area (Å²) in [6, 6.07) is 15.5. The van der Waals surface area contributed by atoms with Crippen molar-refractivity contribution >= 4 is 40.8 Å². The number of likely N-dealkylation sites (tertiary alicyclic amines) is 1. The van der Waals surface area contributed by atoms with Crippen LogP contribution in [-0.4, -0.2) is 55.4 Å². The number of rotatable bonds is 8. The monoisotopic (exact) mass is 707 g/mol. The molecular formula is C35H33ClF3N7O4. The zero-order chi connectivity index (χ0) is 35.6. The van der Waals surface area contributed by atoms with Crippen molar-refractivity contribution in [2.24, 2.45) is 0 Å². The van der Waals surface area contributed by atoms with Crippen molar-refractivity contribution in [3.63, 3.8) is 0 Å². The molecule has 11 nitrogen and oxygen atoms in total. The summed E-state index contributed by atoms with van der Waals surface area (Å²) < 4.78 is 52.9. The smallest absolute Gasteiger partial charge is 0.416 e. The summed E-state index contributed by atoms with van der Waals surface area (Å²) in [6.07, 6.45) is -1.26. The third-order valence-electron chi connectivity index (χ3n) is 8.48. The number of nitrogens with zero attached hydrogens (tertiary/aromatic N) is 5. The van der Waals surface area contributed by atoms with Gasteiger partial charge in [0.25, 0.3) is 5.91 Å². The number of carbonyl (C=O) groups is 2. The fourth-order valence-corrected chi connectivity index (χ4v) is 6.19. The molecule has 2 aromatic carbocycles. The van der Waals surface area contributed by atoms with Gasteiger partial charge in [-0.25, -0.2) is 19.7 Å². The summed E-state index contributed by atoms with van der Waals surface area (Å²) in [4.78, 5) is 41.2. The molecular weight excluding hydrogens is 675 g/mol. The number of pyridine rings is 1. The summed E-state index contributed by atoms with van der Waals surface area (Å²) in [5, 5.41) is 2.66. The topological polar surface area (TPSA) is 137 Å². The van der Waals surface area contributed by atoms with Crippen LogP contribution in [-0.2, 0) is 17.5 Å². The quantitative estimate of drug-likeness (QED) is 0.168. The van der Waals surface area contributed by atoms with Gasteiger partial charge in [0.15, 0.2) is 0 Å². The number of benzene rings is 2. The van der Waals surface area contributed by atoms with Crippen molar-refractivity contribution in [1.82, 2.24) is 24.3 Å². The minimum absolute atomic E-state index is 0.0724. The van der Waals surface area contributed by atoms with E-state index in [1.807, 2.05) is 37.3 Å². The van der Waals surface area contributed by atoms with Crippen LogP contribution >= 0.6 is 11.6 Å². The number of fused-ring (bicyclic) bond motifs is 1. The highest BCUT2D eigenvalue weighted by Crippen LogP contribution is 2.40. The summed E-state index contributed by atoms with van der Waals surface area (Å²) in [7, 11) is 0. The van der Waals surface area contributed by atoms with E-state index in [2.05, 4.69) is 15.3 Å². The molecule has 1 aliphatic rings. The summed E-state index contributed by atoms with van der Waals surface area (Å²) in [5.41, 5.74) is 7.74. The Morgan fingerprint density at radius 1 is 1.08 bits per heavy atom. The van der Waals surface area contributed by atoms with Crippen LogP contribution in [0.3, 0.4) is 0 Å². The van der Waals surface area contributed by atoms with Gasteiger partial charge in [-0.1, -0.05) is 41.9 Å². The van der Waals surface area contributed by atoms with Crippen LogP contribution in [0.25, 0.3) is 16.8 Å². The number of aromatic nitrogens is 4. The first kappa shape index (κ1) is 34.5. The average Bonchev–Trinajstić information content (AvgIpc) is 3.51. The third kappa shape index (κ3) is 7.15. The second-order valence-corrected chi connectivity index (χ2v) is 12.2. The highest BCUT2D eigenvalue weighted by molar-refractivity contribution is 6.30. The van der Waals surface area contributed by atoms with E-state index in [-0.39, 0.29) is 53.3 Å². The lowest BCUT2D eigenvalue weighted by Gasteiger charge is -2.36. The number of nitrogens with one attached hydrogen (secondary N) is 1. The van der Waals surface area contributed by atoms with Crippen LogP contribution in [0, 0.1) is 0 Å². The van der Waals surface area contributed by atoms with Crippen molar-refractivity contribution in [1.29, 1.82) is 0 Å². The number of hydrogen-bond donors (Lipinski definition) is 2. The van der Waals surface area contributed by atoms with Gasteiger partial charge in [-0.05, 0) is 62.6 Å². The largest absolute Gasteiger partial charge is 0.493 e. The summed E-state index contributed by atoms with van der Waals surface area (Å²) in [5.74, 6) is -0.236. The Kier molecular flexibility index (Phi) is 9.82. The first-order chi connectivity index (χ1) is 23.9. The van der Waals surface area contributed by atoms with Gasteiger partial charge < -0.3 is 25.4 Å². The number of alkyl halides is 3. The molecule has 0 saturated carbocycles. The van der Waals surface area contributed by atoms with Gasteiger partial charge in [-0.15, -0.1) is 0 Å². The molecule has 2 atom stereocenters. The Bertz CT molecular complexity index is 2040. The van der Waals surface area contributed by atoms with Gasteiger partial charge in [0.2, 0.25) is 0 Å². The normalized spacial score (nSPS) is 16.3. The minimum Gasteiger partial charge on any atom is -0.493 e. The highest BCUT2D eigenvalue weighted by atomic mass is 35.5. The van der Waals surface area contributed by atoms with E-state index in [4.69, 9.17) is 31.8 Å². The molecule has 50 heavy (non-hydrogen) atoms. The maximum Gasteiger partial charge on any atom is 0.416 e. The molecule has 1 aliphatic heterocycles. The Balaban J connectivity index is 1.32. The van der Waals surface area contributed by atoms with Gasteiger partial charge in [-0.2, -0.15) is 13.2 Å². The molecule has 0 bridgehead atoms. The molecule has 4 heterocycles. The van der Waals surface area contributed by atoms with E-state index in [1.165, 1.54) is 18.3 Å². The van der Waals surface area contributed by atoms with Gasteiger partial charge in [0.1, 0.15) is 46.2 Å². The van der Waals surface area contributed by atoms with Crippen LogP contribution < -0.4 is 15.8 Å². The molecule has 3 aromatic heterocycles. The number of anilines is 2. The number of piperidine rings is 1. The lowest BCUT2D eigenvalue weighted by molar-refractivity contribution is -0.137. The number of hydrogen-bond acceptors (Lipinski definition) is 8. The van der Waals surface area contributed by atoms with Crippen LogP contribution in [0.5, 0.6) is 5.75 Å². The molecule has 5 aromatic rings. The average molecular weight is 708 g/mol. The van der Waals surface area contributed by atoms with E-state index in [0.717, 1.165) is 23.9 Å². The third-order valence-corrected chi connectivity index (χ3v) is 8.75. The number of carbonyl (C=O) groups excluding carboxylic acids is 2. The maximum atomic E-state index is 13.3. The first-order valence-electron chi connectivity index (χ1n) is 15.9. The van der Waals surface area contributed by atoms with E-state index >= 15 is 0 Å². The van der Waals surface area contributed by atoms with Gasteiger partial charge in [0.05, 0.1) is 18.4 Å². The Morgan fingerprint density at radius 3 is 2.60 bits per heavy atom. The highest BCUT2D eigenvalue weighted by Gasteiger charge is 2.35. The van der Waals surface area contributed by atoms with Crippen molar-refractivity contribution in [3.8, 4) is 17.0 Å². The summed E-state index contributed by atoms with van der Waals surface area (Å²) >= 11 is 6.72. The standard InChI is InChI=1S/C35H33ClF3N7O4/c1-3-49-26-15-22(33(47)43-28-16-24(13-14-41-28)35(37,38)39)11-12-25(26)29-30-31(40)42-17-27(36)46(30)32(44-29)23-10-9-20(2)45(18-23)34(48)50-19-21-7-5-4-6-8-21/h4-8,11-17,20,23H,3,9-10,18-19H2,1-2H3,(H2,40,42)(H,41,43,47)/t20-,23+/m0/s1. The van der Waals surface area contributed by atoms with Crippen molar-refractivity contribution in [2.45, 2.75) is 51.4 Å². The number of nitrogens with two attached hydrogens (primary N) is 1. The predicted octanol–water partition coefficient (Wildman–Crippen LogP) is 7.60. The Labute approximate surface area is 290 Å². The first-order valence-corrected chi connectivity index (χ1v) is 16.2. The number of halogens is 4. The molecule has 260 valence electrons. The fraction of sp³-hybridized carbons (Fsp3) is 0.286. The molecule has 2 amide bonds. The van der Waals surface area contributed by atoms with Crippen molar-refractivity contribution in [2.75, 3.05) is 24.2 Å². The molecule has 1 fully saturated rings. The number of ether oxygens (including phenoxy) is 2. The second kappa shape index (κ2) is 14.2. The summed E-state index contributed by atoms with van der Waals surface area (Å²) in [6.45, 7) is 4.41. The molecule has 0 unspecified atom stereocenters. The molecule has 6 rings (SSSR count). The molecule has 3 N–H and O–H groups in total. The van der Waals surface area contributed by atoms with Crippen molar-refractivity contribution < 1.29 is 32.2 Å². The van der Waals surface area contributed by atoms with Gasteiger partial charge in [0, 0.05) is 35.8 Å². The van der Waals surface area contributed by atoms with E-state index < -0.39 is 23.7 Å². The van der Waals surface area contributed by atoms with Crippen LogP contribution in [0.4, 0.5) is 29.6 Å². The second-order valence-electron chi connectivity index (χ2n) is 11.8. The van der Waals surface area contributed by atoms with Gasteiger partial charge >= 0.3 is 12.3 Å². The zero-order valence-electron chi connectivity index (χ0n) is 27.1. The van der Waals surface area contributed by atoms with E-state index in [9.17, 15) is 22.8 Å². The molecule has 15 heteroatoms. The van der Waals surface area contributed by atoms with Crippen LogP contribution in [0.1, 0.15) is 59.9 Å². The van der Waals surface area contributed by atoms with Crippen molar-refractivity contribution in [3.05, 3.63) is 101 Å². The molecule has 0 spiro atoms. The predicted molar refractivity (Wildman–Crippen MR) is 181 cm³/mol. The number of nitrogen functional groups attached to an aromatic ring is 1. The molecule has 1 saturated heterocycles. The van der Waals surface area contributed by atoms with E-state index in [1.54, 1.807) is 22.3 Å². The molecule has 0 radical (unpaired) electrons. The Hall–Kier alpha value is -5.37. The van der Waals surface area contributed by atoms with E-state index in [0.29, 0.717) is 42.0 Å². The van der Waals surface area contributed by atoms with Gasteiger partial charge in [-0.3, -0.25) is 9.20 Å². The van der Waals surface area contributed by atoms with Crippen LogP contribution in [0.2, 0.25) is 5.15 Å².